The minimum Gasteiger partial charge on any atom is -0.0885 e. The SMILES string of the molecule is CC(C)(C)C1CC=CCCC1. The highest BCUT2D eigenvalue weighted by molar-refractivity contribution is 4.90. The van der Waals surface area contributed by atoms with Crippen molar-refractivity contribution in [3.8, 4) is 0 Å². The van der Waals surface area contributed by atoms with Crippen LogP contribution in [0, 0.1) is 11.3 Å². The maximum absolute atomic E-state index is 2.36. The monoisotopic (exact) mass is 152 g/mol. The molecule has 0 aromatic rings. The molecule has 0 aromatic carbocycles. The highest BCUT2D eigenvalue weighted by atomic mass is 14.3. The number of allylic oxidation sites excluding steroid dienone is 2. The van der Waals surface area contributed by atoms with Crippen molar-refractivity contribution in [1.29, 1.82) is 0 Å². The fourth-order valence-corrected chi connectivity index (χ4v) is 1.76. The van der Waals surface area contributed by atoms with Crippen LogP contribution >= 0.6 is 0 Å². The molecule has 1 unspecified atom stereocenters. The van der Waals surface area contributed by atoms with Gasteiger partial charge in [-0.1, -0.05) is 32.9 Å². The molecule has 1 atom stereocenters. The van der Waals surface area contributed by atoms with Crippen LogP contribution < -0.4 is 0 Å². The van der Waals surface area contributed by atoms with Gasteiger partial charge >= 0.3 is 0 Å². The van der Waals surface area contributed by atoms with Crippen LogP contribution in [-0.2, 0) is 0 Å². The maximum Gasteiger partial charge on any atom is -0.0317 e. The van der Waals surface area contributed by atoms with Gasteiger partial charge in [-0.25, -0.2) is 0 Å². The van der Waals surface area contributed by atoms with Crippen molar-refractivity contribution in [3.63, 3.8) is 0 Å². The van der Waals surface area contributed by atoms with Crippen molar-refractivity contribution < 1.29 is 0 Å². The summed E-state index contributed by atoms with van der Waals surface area (Å²) >= 11 is 0. The molecule has 1 aliphatic rings. The Morgan fingerprint density at radius 1 is 1.18 bits per heavy atom. The standard InChI is InChI=1S/C11H20/c1-11(2,3)10-8-6-4-5-7-9-10/h4,6,10H,5,7-9H2,1-3H3. The molecule has 0 bridgehead atoms. The van der Waals surface area contributed by atoms with Gasteiger partial charge in [0, 0.05) is 0 Å². The molecule has 0 saturated carbocycles. The van der Waals surface area contributed by atoms with Crippen LogP contribution in [0.15, 0.2) is 12.2 Å². The topological polar surface area (TPSA) is 0 Å². The van der Waals surface area contributed by atoms with E-state index in [1.54, 1.807) is 0 Å². The van der Waals surface area contributed by atoms with E-state index in [0.717, 1.165) is 5.92 Å². The second-order valence-electron chi connectivity index (χ2n) is 4.70. The lowest BCUT2D eigenvalue weighted by atomic mass is 9.77. The van der Waals surface area contributed by atoms with Gasteiger partial charge in [0.25, 0.3) is 0 Å². The molecule has 11 heavy (non-hydrogen) atoms. The summed E-state index contributed by atoms with van der Waals surface area (Å²) in [6.07, 6.45) is 10.1. The van der Waals surface area contributed by atoms with Crippen molar-refractivity contribution in [2.24, 2.45) is 11.3 Å². The Kier molecular flexibility index (Phi) is 2.75. The Hall–Kier alpha value is -0.260. The first-order chi connectivity index (χ1) is 5.11. The Morgan fingerprint density at radius 2 is 1.91 bits per heavy atom. The fraction of sp³-hybridized carbons (Fsp3) is 0.818. The second kappa shape index (κ2) is 3.42. The predicted octanol–water partition coefficient (Wildman–Crippen LogP) is 3.78. The van der Waals surface area contributed by atoms with E-state index in [1.165, 1.54) is 25.7 Å². The van der Waals surface area contributed by atoms with Crippen LogP contribution in [0.1, 0.15) is 46.5 Å². The van der Waals surface area contributed by atoms with Crippen molar-refractivity contribution in [2.45, 2.75) is 46.5 Å². The van der Waals surface area contributed by atoms with E-state index in [2.05, 4.69) is 32.9 Å². The molecule has 1 rings (SSSR count). The molecule has 0 aliphatic heterocycles. The third-order valence-electron chi connectivity index (χ3n) is 2.74. The van der Waals surface area contributed by atoms with Gasteiger partial charge in [0.1, 0.15) is 0 Å². The fourth-order valence-electron chi connectivity index (χ4n) is 1.76. The molecule has 0 heterocycles. The summed E-state index contributed by atoms with van der Waals surface area (Å²) in [6, 6.07) is 0. The molecule has 1 aliphatic carbocycles. The van der Waals surface area contributed by atoms with Gasteiger partial charge in [-0.2, -0.15) is 0 Å². The van der Waals surface area contributed by atoms with Gasteiger partial charge in [0.15, 0.2) is 0 Å². The molecule has 0 amide bonds. The molecule has 64 valence electrons. The average molecular weight is 152 g/mol. The van der Waals surface area contributed by atoms with Gasteiger partial charge in [-0.3, -0.25) is 0 Å². The zero-order valence-electron chi connectivity index (χ0n) is 8.06. The van der Waals surface area contributed by atoms with E-state index in [9.17, 15) is 0 Å². The lowest BCUT2D eigenvalue weighted by molar-refractivity contribution is 0.227. The molecule has 0 aromatic heterocycles. The summed E-state index contributed by atoms with van der Waals surface area (Å²) < 4.78 is 0. The predicted molar refractivity (Wildman–Crippen MR) is 50.6 cm³/mol. The summed E-state index contributed by atoms with van der Waals surface area (Å²) in [5.74, 6) is 0.904. The minimum absolute atomic E-state index is 0.509. The second-order valence-corrected chi connectivity index (χ2v) is 4.70. The van der Waals surface area contributed by atoms with Gasteiger partial charge < -0.3 is 0 Å². The van der Waals surface area contributed by atoms with E-state index >= 15 is 0 Å². The molecule has 0 N–H and O–H groups in total. The summed E-state index contributed by atoms with van der Waals surface area (Å²) in [5, 5.41) is 0. The third-order valence-corrected chi connectivity index (χ3v) is 2.74. The molecule has 0 fully saturated rings. The third kappa shape index (κ3) is 2.69. The highest BCUT2D eigenvalue weighted by Crippen LogP contribution is 2.34. The zero-order valence-corrected chi connectivity index (χ0v) is 8.06. The Morgan fingerprint density at radius 3 is 2.55 bits per heavy atom. The maximum atomic E-state index is 2.36. The molecule has 0 heteroatoms. The molecule has 0 spiro atoms. The Labute approximate surface area is 70.7 Å². The van der Waals surface area contributed by atoms with Crippen LogP contribution in [0.25, 0.3) is 0 Å². The Bertz CT molecular complexity index is 137. The van der Waals surface area contributed by atoms with Crippen LogP contribution in [0.4, 0.5) is 0 Å². The van der Waals surface area contributed by atoms with Crippen molar-refractivity contribution >= 4 is 0 Å². The van der Waals surface area contributed by atoms with Gasteiger partial charge in [0.05, 0.1) is 0 Å². The first kappa shape index (κ1) is 8.83. The van der Waals surface area contributed by atoms with Gasteiger partial charge in [-0.05, 0) is 37.0 Å². The minimum atomic E-state index is 0.509. The van der Waals surface area contributed by atoms with Crippen LogP contribution in [-0.4, -0.2) is 0 Å². The molecular weight excluding hydrogens is 132 g/mol. The quantitative estimate of drug-likeness (QED) is 0.463. The van der Waals surface area contributed by atoms with Crippen LogP contribution in [0.3, 0.4) is 0 Å². The van der Waals surface area contributed by atoms with E-state index in [1.807, 2.05) is 0 Å². The van der Waals surface area contributed by atoms with Crippen LogP contribution in [0.2, 0.25) is 0 Å². The van der Waals surface area contributed by atoms with E-state index < -0.39 is 0 Å². The van der Waals surface area contributed by atoms with Crippen LogP contribution in [0.5, 0.6) is 0 Å². The number of hydrogen-bond donors (Lipinski definition) is 0. The Balaban J connectivity index is 2.51. The smallest absolute Gasteiger partial charge is 0.0317 e. The van der Waals surface area contributed by atoms with E-state index in [-0.39, 0.29) is 0 Å². The van der Waals surface area contributed by atoms with E-state index in [0.29, 0.717) is 5.41 Å². The first-order valence-electron chi connectivity index (χ1n) is 4.76. The van der Waals surface area contributed by atoms with Crippen molar-refractivity contribution in [3.05, 3.63) is 12.2 Å². The summed E-state index contributed by atoms with van der Waals surface area (Å²) in [6.45, 7) is 7.07. The van der Waals surface area contributed by atoms with Crippen molar-refractivity contribution in [2.75, 3.05) is 0 Å². The average Bonchev–Trinajstić information content (AvgIpc) is 2.10. The molecule has 0 nitrogen and oxygen atoms in total. The van der Waals surface area contributed by atoms with E-state index in [4.69, 9.17) is 0 Å². The molecular formula is C11H20. The largest absolute Gasteiger partial charge is 0.0885 e. The summed E-state index contributed by atoms with van der Waals surface area (Å²) in [7, 11) is 0. The van der Waals surface area contributed by atoms with Gasteiger partial charge in [-0.15, -0.1) is 0 Å². The normalized spacial score (nSPS) is 26.6. The number of rotatable bonds is 0. The lowest BCUT2D eigenvalue weighted by Gasteiger charge is -2.29. The summed E-state index contributed by atoms with van der Waals surface area (Å²) in [4.78, 5) is 0. The first-order valence-corrected chi connectivity index (χ1v) is 4.76. The molecule has 0 radical (unpaired) electrons. The zero-order chi connectivity index (χ0) is 8.32. The number of hydrogen-bond acceptors (Lipinski definition) is 0. The summed E-state index contributed by atoms with van der Waals surface area (Å²) in [5.41, 5.74) is 0.509. The lowest BCUT2D eigenvalue weighted by Crippen LogP contribution is -2.19. The highest BCUT2D eigenvalue weighted by Gasteiger charge is 2.23. The van der Waals surface area contributed by atoms with Crippen molar-refractivity contribution in [1.82, 2.24) is 0 Å². The molecule has 0 saturated heterocycles. The van der Waals surface area contributed by atoms with Gasteiger partial charge in [0.2, 0.25) is 0 Å².